The van der Waals surface area contributed by atoms with Crippen LogP contribution >= 0.6 is 11.8 Å². The minimum Gasteiger partial charge on any atom is -0.205 e. The molecule has 0 aromatic heterocycles. The molecule has 0 rings (SSSR count). The number of sulfonamides is 1. The monoisotopic (exact) mass is 167 g/mol. The Bertz CT molecular complexity index is 183. The smallest absolute Gasteiger partial charge is 0.205 e. The average molecular weight is 167 g/mol. The first-order valence-electron chi connectivity index (χ1n) is 2.41. The average Bonchev–Trinajstić information content (AvgIpc) is 1.63. The molecule has 0 heterocycles. The van der Waals surface area contributed by atoms with Crippen molar-refractivity contribution < 1.29 is 8.42 Å². The number of hydrogen-bond acceptors (Lipinski definition) is 3. The topological polar surface area (TPSA) is 46.5 Å². The highest BCUT2D eigenvalue weighted by molar-refractivity contribution is 8.12. The third kappa shape index (κ3) is 7.97. The van der Waals surface area contributed by atoms with E-state index in [1.54, 1.807) is 0 Å². The Morgan fingerprint density at radius 3 is 2.56 bits per heavy atom. The van der Waals surface area contributed by atoms with Gasteiger partial charge in [-0.15, -0.1) is 11.8 Å². The summed E-state index contributed by atoms with van der Waals surface area (Å²) in [5, 5.41) is 0. The first-order chi connectivity index (χ1) is 4.06. The molecule has 0 saturated heterocycles. The van der Waals surface area contributed by atoms with Gasteiger partial charge in [0.1, 0.15) is 0 Å². The van der Waals surface area contributed by atoms with Crippen molar-refractivity contribution in [2.24, 2.45) is 4.40 Å². The fraction of sp³-hybridized carbons (Fsp3) is 0.750. The summed E-state index contributed by atoms with van der Waals surface area (Å²) in [6.45, 7) is 1.93. The fourth-order valence-electron chi connectivity index (χ4n) is 0.183. The van der Waals surface area contributed by atoms with Crippen LogP contribution < -0.4 is 0 Å². The second kappa shape index (κ2) is 3.90. The van der Waals surface area contributed by atoms with Gasteiger partial charge in [-0.1, -0.05) is 6.92 Å². The predicted octanol–water partition coefficient (Wildman–Crippen LogP) is 0.727. The summed E-state index contributed by atoms with van der Waals surface area (Å²) in [6.07, 6.45) is 1.07. The molecule has 0 aromatic carbocycles. The number of hydrogen-bond donors (Lipinski definition) is 0. The summed E-state index contributed by atoms with van der Waals surface area (Å²) in [5.41, 5.74) is 1.34. The first kappa shape index (κ1) is 8.97. The minimum atomic E-state index is -3.15. The first-order valence-corrected chi connectivity index (χ1v) is 5.31. The summed E-state index contributed by atoms with van der Waals surface area (Å²) < 4.78 is 23.8. The molecule has 5 heteroatoms. The zero-order valence-electron chi connectivity index (χ0n) is 5.36. The normalized spacial score (nSPS) is 12.7. The molecule has 0 bridgehead atoms. The summed E-state index contributed by atoms with van der Waals surface area (Å²) >= 11 is 1.36. The van der Waals surface area contributed by atoms with Crippen molar-refractivity contribution in [1.82, 2.24) is 0 Å². The molecule has 0 fully saturated rings. The lowest BCUT2D eigenvalue weighted by Crippen LogP contribution is -1.88. The lowest BCUT2D eigenvalue weighted by Gasteiger charge is -1.83. The van der Waals surface area contributed by atoms with Gasteiger partial charge in [0.25, 0.3) is 10.0 Å². The van der Waals surface area contributed by atoms with E-state index in [0.29, 0.717) is 0 Å². The molecule has 3 nitrogen and oxygen atoms in total. The van der Waals surface area contributed by atoms with E-state index in [-0.39, 0.29) is 0 Å². The molecule has 0 aliphatic carbocycles. The van der Waals surface area contributed by atoms with Gasteiger partial charge < -0.3 is 0 Å². The van der Waals surface area contributed by atoms with E-state index in [0.717, 1.165) is 12.0 Å². The Kier molecular flexibility index (Phi) is 3.88. The van der Waals surface area contributed by atoms with Crippen LogP contribution in [0.2, 0.25) is 0 Å². The molecule has 0 amide bonds. The van der Waals surface area contributed by atoms with Crippen LogP contribution in [0, 0.1) is 0 Å². The highest BCUT2D eigenvalue weighted by atomic mass is 32.2. The van der Waals surface area contributed by atoms with Crippen molar-refractivity contribution in [2.75, 3.05) is 12.0 Å². The Labute approximate surface area is 59.6 Å². The van der Waals surface area contributed by atoms with Gasteiger partial charge in [-0.3, -0.25) is 0 Å². The van der Waals surface area contributed by atoms with E-state index in [9.17, 15) is 8.42 Å². The molecule has 0 aliphatic rings. The summed E-state index contributed by atoms with van der Waals surface area (Å²) in [4.78, 5) is 0. The third-order valence-electron chi connectivity index (χ3n) is 0.476. The Morgan fingerprint density at radius 2 is 2.22 bits per heavy atom. The van der Waals surface area contributed by atoms with Crippen molar-refractivity contribution in [2.45, 2.75) is 6.92 Å². The largest absolute Gasteiger partial charge is 0.250 e. The maximum Gasteiger partial charge on any atom is 0.250 e. The van der Waals surface area contributed by atoms with E-state index in [1.807, 2.05) is 6.92 Å². The van der Waals surface area contributed by atoms with E-state index in [4.69, 9.17) is 0 Å². The van der Waals surface area contributed by atoms with Crippen molar-refractivity contribution in [3.05, 3.63) is 0 Å². The van der Waals surface area contributed by atoms with Gasteiger partial charge in [-0.25, -0.2) is 8.42 Å². The van der Waals surface area contributed by atoms with Gasteiger partial charge in [-0.2, -0.15) is 4.40 Å². The second-order valence-corrected chi connectivity index (χ2v) is 4.20. The second-order valence-electron chi connectivity index (χ2n) is 1.40. The maximum atomic E-state index is 10.3. The van der Waals surface area contributed by atoms with Crippen molar-refractivity contribution in [3.8, 4) is 0 Å². The number of rotatable bonds is 3. The standard InChI is InChI=1S/C4H9NO2S2/c1-3-8-4-5-9(2,6)7/h4H,3H2,1-2H3. The van der Waals surface area contributed by atoms with Crippen LogP contribution in [0.25, 0.3) is 0 Å². The molecule has 0 aliphatic heterocycles. The summed E-state index contributed by atoms with van der Waals surface area (Å²) in [7, 11) is -3.15. The zero-order chi connectivity index (χ0) is 7.33. The minimum absolute atomic E-state index is 0.846. The third-order valence-corrected chi connectivity index (χ3v) is 1.69. The predicted molar refractivity (Wildman–Crippen MR) is 41.5 cm³/mol. The fourth-order valence-corrected chi connectivity index (χ4v) is 1.20. The van der Waals surface area contributed by atoms with Crippen molar-refractivity contribution in [1.29, 1.82) is 0 Å². The van der Waals surface area contributed by atoms with Crippen LogP contribution in [-0.2, 0) is 10.0 Å². The highest BCUT2D eigenvalue weighted by Gasteiger charge is 1.90. The molecular weight excluding hydrogens is 158 g/mol. The molecule has 0 N–H and O–H groups in total. The van der Waals surface area contributed by atoms with E-state index >= 15 is 0 Å². The molecule has 0 spiro atoms. The highest BCUT2D eigenvalue weighted by Crippen LogP contribution is 1.93. The molecular formula is C4H9NO2S2. The van der Waals surface area contributed by atoms with Crippen molar-refractivity contribution in [3.63, 3.8) is 0 Å². The summed E-state index contributed by atoms with van der Waals surface area (Å²) in [5.74, 6) is 0.846. The molecule has 0 saturated carbocycles. The van der Waals surface area contributed by atoms with Gasteiger partial charge in [0.2, 0.25) is 0 Å². The van der Waals surface area contributed by atoms with Crippen LogP contribution in [-0.4, -0.2) is 26.0 Å². The van der Waals surface area contributed by atoms with Gasteiger partial charge in [0.15, 0.2) is 0 Å². The van der Waals surface area contributed by atoms with Gasteiger partial charge >= 0.3 is 0 Å². The molecule has 0 unspecified atom stereocenters. The number of nitrogens with zero attached hydrogens (tertiary/aromatic N) is 1. The Hall–Kier alpha value is -0.0300. The molecule has 9 heavy (non-hydrogen) atoms. The Balaban J connectivity index is 3.73. The maximum absolute atomic E-state index is 10.3. The van der Waals surface area contributed by atoms with Crippen LogP contribution in [0.5, 0.6) is 0 Å². The van der Waals surface area contributed by atoms with Crippen molar-refractivity contribution >= 4 is 27.3 Å². The lowest BCUT2D eigenvalue weighted by atomic mass is 11.0. The SMILES string of the molecule is CCSC=NS(C)(=O)=O. The molecule has 54 valence electrons. The van der Waals surface area contributed by atoms with Crippen LogP contribution in [0.1, 0.15) is 6.92 Å². The van der Waals surface area contributed by atoms with E-state index in [2.05, 4.69) is 4.40 Å². The van der Waals surface area contributed by atoms with Gasteiger partial charge in [0, 0.05) is 0 Å². The molecule has 0 radical (unpaired) electrons. The lowest BCUT2D eigenvalue weighted by molar-refractivity contribution is 0.604. The number of thioether (sulfide) groups is 1. The van der Waals surface area contributed by atoms with Crippen LogP contribution in [0.4, 0.5) is 0 Å². The quantitative estimate of drug-likeness (QED) is 0.460. The summed E-state index contributed by atoms with van der Waals surface area (Å²) in [6, 6.07) is 0. The molecule has 0 aromatic rings. The van der Waals surface area contributed by atoms with Crippen LogP contribution in [0.15, 0.2) is 4.40 Å². The van der Waals surface area contributed by atoms with Gasteiger partial charge in [0.05, 0.1) is 11.8 Å². The molecule has 0 atom stereocenters. The van der Waals surface area contributed by atoms with Gasteiger partial charge in [-0.05, 0) is 5.75 Å². The Morgan fingerprint density at radius 1 is 1.67 bits per heavy atom. The van der Waals surface area contributed by atoms with E-state index < -0.39 is 10.0 Å². The van der Waals surface area contributed by atoms with E-state index in [1.165, 1.54) is 17.3 Å². The zero-order valence-corrected chi connectivity index (χ0v) is 7.00. The van der Waals surface area contributed by atoms with Crippen LogP contribution in [0.3, 0.4) is 0 Å².